The normalized spacial score (nSPS) is 19.5. The van der Waals surface area contributed by atoms with Crippen LogP contribution in [0.2, 0.25) is 0 Å². The van der Waals surface area contributed by atoms with Crippen LogP contribution < -0.4 is 0 Å². The Hall–Kier alpha value is 0.400. The standard InChI is InChI=1S/C8H9BrClNS/c9-6-4-11-12-7(6)3-8(5-10)1-2-8/h4H,1-3,5H2. The third kappa shape index (κ3) is 1.68. The summed E-state index contributed by atoms with van der Waals surface area (Å²) in [5.41, 5.74) is 0.413. The molecule has 1 nitrogen and oxygen atoms in total. The molecule has 1 aliphatic carbocycles. The van der Waals surface area contributed by atoms with Crippen molar-refractivity contribution in [3.05, 3.63) is 15.5 Å². The van der Waals surface area contributed by atoms with Crippen molar-refractivity contribution in [3.8, 4) is 0 Å². The predicted molar refractivity (Wildman–Crippen MR) is 55.9 cm³/mol. The van der Waals surface area contributed by atoms with E-state index in [4.69, 9.17) is 11.6 Å². The van der Waals surface area contributed by atoms with E-state index in [-0.39, 0.29) is 0 Å². The first-order chi connectivity index (χ1) is 5.76. The van der Waals surface area contributed by atoms with Crippen molar-refractivity contribution in [2.45, 2.75) is 19.3 Å². The predicted octanol–water partition coefficient (Wildman–Crippen LogP) is 3.47. The molecular formula is C8H9BrClNS. The number of alkyl halides is 1. The topological polar surface area (TPSA) is 12.9 Å². The van der Waals surface area contributed by atoms with Crippen molar-refractivity contribution < 1.29 is 0 Å². The van der Waals surface area contributed by atoms with Gasteiger partial charge in [-0.25, -0.2) is 0 Å². The maximum atomic E-state index is 5.89. The number of hydrogen-bond donors (Lipinski definition) is 0. The molecule has 1 fully saturated rings. The fourth-order valence-corrected chi connectivity index (χ4v) is 3.00. The molecule has 0 spiro atoms. The molecule has 1 aromatic rings. The summed E-state index contributed by atoms with van der Waals surface area (Å²) in [7, 11) is 0. The second-order valence-corrected chi connectivity index (χ2v) is 5.42. The Kier molecular flexibility index (Phi) is 2.45. The average molecular weight is 267 g/mol. The van der Waals surface area contributed by atoms with Crippen LogP contribution >= 0.6 is 39.1 Å². The van der Waals surface area contributed by atoms with Crippen molar-refractivity contribution in [1.82, 2.24) is 4.37 Å². The van der Waals surface area contributed by atoms with Gasteiger partial charge in [-0.2, -0.15) is 4.37 Å². The van der Waals surface area contributed by atoms with Gasteiger partial charge in [0, 0.05) is 10.8 Å². The van der Waals surface area contributed by atoms with Crippen LogP contribution in [0.15, 0.2) is 10.7 Å². The first-order valence-electron chi connectivity index (χ1n) is 3.91. The molecule has 0 radical (unpaired) electrons. The van der Waals surface area contributed by atoms with E-state index in [9.17, 15) is 0 Å². The van der Waals surface area contributed by atoms with E-state index in [2.05, 4.69) is 20.3 Å². The van der Waals surface area contributed by atoms with Crippen molar-refractivity contribution in [2.24, 2.45) is 5.41 Å². The van der Waals surface area contributed by atoms with Crippen LogP contribution in [0.3, 0.4) is 0 Å². The Morgan fingerprint density at radius 2 is 2.42 bits per heavy atom. The summed E-state index contributed by atoms with van der Waals surface area (Å²) in [6.45, 7) is 0. The lowest BCUT2D eigenvalue weighted by atomic mass is 10.0. The van der Waals surface area contributed by atoms with Gasteiger partial charge in [0.2, 0.25) is 0 Å². The second kappa shape index (κ2) is 3.28. The van der Waals surface area contributed by atoms with Gasteiger partial charge in [0.25, 0.3) is 0 Å². The summed E-state index contributed by atoms with van der Waals surface area (Å²) in [5.74, 6) is 0.789. The molecule has 2 rings (SSSR count). The zero-order valence-electron chi connectivity index (χ0n) is 6.52. The Morgan fingerprint density at radius 1 is 1.67 bits per heavy atom. The molecule has 1 saturated carbocycles. The van der Waals surface area contributed by atoms with Gasteiger partial charge < -0.3 is 0 Å². The lowest BCUT2D eigenvalue weighted by Gasteiger charge is -2.08. The minimum Gasteiger partial charge on any atom is -0.200 e. The lowest BCUT2D eigenvalue weighted by Crippen LogP contribution is -2.05. The Labute approximate surface area is 89.4 Å². The average Bonchev–Trinajstić information content (AvgIpc) is 2.74. The molecule has 0 bridgehead atoms. The smallest absolute Gasteiger partial charge is 0.0552 e. The van der Waals surface area contributed by atoms with E-state index in [0.717, 1.165) is 16.8 Å². The van der Waals surface area contributed by atoms with Gasteiger partial charge in [-0.3, -0.25) is 0 Å². The molecule has 0 aromatic carbocycles. The van der Waals surface area contributed by atoms with Crippen LogP contribution in [-0.4, -0.2) is 10.3 Å². The minimum absolute atomic E-state index is 0.413. The molecule has 12 heavy (non-hydrogen) atoms. The van der Waals surface area contributed by atoms with Crippen LogP contribution in [0, 0.1) is 5.41 Å². The van der Waals surface area contributed by atoms with E-state index < -0.39 is 0 Å². The van der Waals surface area contributed by atoms with Crippen molar-refractivity contribution in [1.29, 1.82) is 0 Å². The fraction of sp³-hybridized carbons (Fsp3) is 0.625. The summed E-state index contributed by atoms with van der Waals surface area (Å²) in [6.07, 6.45) is 5.52. The molecule has 1 heterocycles. The molecule has 1 aliphatic rings. The SMILES string of the molecule is ClCC1(Cc2sncc2Br)CC1. The molecule has 66 valence electrons. The third-order valence-corrected chi connectivity index (χ3v) is 4.68. The third-order valence-electron chi connectivity index (χ3n) is 2.37. The number of aromatic nitrogens is 1. The molecule has 0 atom stereocenters. The number of rotatable bonds is 3. The van der Waals surface area contributed by atoms with E-state index in [1.54, 1.807) is 11.5 Å². The fourth-order valence-electron chi connectivity index (χ4n) is 1.24. The summed E-state index contributed by atoms with van der Waals surface area (Å²) < 4.78 is 5.26. The van der Waals surface area contributed by atoms with Gasteiger partial charge in [0.05, 0.1) is 10.7 Å². The highest BCUT2D eigenvalue weighted by molar-refractivity contribution is 9.10. The summed E-state index contributed by atoms with van der Waals surface area (Å²) in [4.78, 5) is 1.34. The monoisotopic (exact) mass is 265 g/mol. The van der Waals surface area contributed by atoms with Gasteiger partial charge in [-0.15, -0.1) is 11.6 Å². The lowest BCUT2D eigenvalue weighted by molar-refractivity contribution is 0.583. The van der Waals surface area contributed by atoms with Gasteiger partial charge in [-0.1, -0.05) is 0 Å². The first kappa shape index (κ1) is 8.97. The Balaban J connectivity index is 2.08. The van der Waals surface area contributed by atoms with Gasteiger partial charge in [-0.05, 0) is 52.1 Å². The maximum Gasteiger partial charge on any atom is 0.0552 e. The second-order valence-electron chi connectivity index (χ2n) is 3.41. The highest BCUT2D eigenvalue weighted by Gasteiger charge is 2.42. The molecule has 0 saturated heterocycles. The Bertz CT molecular complexity index is 282. The van der Waals surface area contributed by atoms with Crippen molar-refractivity contribution in [2.75, 3.05) is 5.88 Å². The summed E-state index contributed by atoms with van der Waals surface area (Å²) >= 11 is 11.0. The van der Waals surface area contributed by atoms with Crippen LogP contribution in [0.25, 0.3) is 0 Å². The number of hydrogen-bond acceptors (Lipinski definition) is 2. The maximum absolute atomic E-state index is 5.89. The molecule has 0 amide bonds. The van der Waals surface area contributed by atoms with Crippen LogP contribution in [-0.2, 0) is 6.42 Å². The zero-order chi connectivity index (χ0) is 8.60. The van der Waals surface area contributed by atoms with Crippen LogP contribution in [0.4, 0.5) is 0 Å². The van der Waals surface area contributed by atoms with Crippen molar-refractivity contribution >= 4 is 39.1 Å². The van der Waals surface area contributed by atoms with E-state index in [1.807, 2.05) is 6.20 Å². The highest BCUT2D eigenvalue weighted by Crippen LogP contribution is 2.50. The van der Waals surface area contributed by atoms with Gasteiger partial charge >= 0.3 is 0 Å². The molecule has 0 aliphatic heterocycles. The molecule has 1 aromatic heterocycles. The van der Waals surface area contributed by atoms with Crippen LogP contribution in [0.5, 0.6) is 0 Å². The molecule has 0 N–H and O–H groups in total. The van der Waals surface area contributed by atoms with E-state index >= 15 is 0 Å². The largest absolute Gasteiger partial charge is 0.200 e. The first-order valence-corrected chi connectivity index (χ1v) is 6.01. The van der Waals surface area contributed by atoms with Crippen LogP contribution in [0.1, 0.15) is 17.7 Å². The van der Waals surface area contributed by atoms with Crippen molar-refractivity contribution in [3.63, 3.8) is 0 Å². The quantitative estimate of drug-likeness (QED) is 0.764. The van der Waals surface area contributed by atoms with E-state index in [0.29, 0.717) is 5.41 Å². The molecule has 4 heteroatoms. The summed E-state index contributed by atoms with van der Waals surface area (Å²) in [5, 5.41) is 0. The summed E-state index contributed by atoms with van der Waals surface area (Å²) in [6, 6.07) is 0. The van der Waals surface area contributed by atoms with Gasteiger partial charge in [0.15, 0.2) is 0 Å². The number of halogens is 2. The molecule has 0 unspecified atom stereocenters. The van der Waals surface area contributed by atoms with Gasteiger partial charge in [0.1, 0.15) is 0 Å². The Morgan fingerprint density at radius 3 is 2.83 bits per heavy atom. The number of nitrogens with zero attached hydrogens (tertiary/aromatic N) is 1. The zero-order valence-corrected chi connectivity index (χ0v) is 9.68. The minimum atomic E-state index is 0.413. The highest BCUT2D eigenvalue weighted by atomic mass is 79.9. The van der Waals surface area contributed by atoms with E-state index in [1.165, 1.54) is 17.7 Å². The molecular weight excluding hydrogens is 258 g/mol.